The zero-order valence-electron chi connectivity index (χ0n) is 16.5. The van der Waals surface area contributed by atoms with Gasteiger partial charge in [-0.1, -0.05) is 75.7 Å². The van der Waals surface area contributed by atoms with Gasteiger partial charge < -0.3 is 0 Å². The molecule has 2 rings (SSSR count). The van der Waals surface area contributed by atoms with Crippen molar-refractivity contribution in [2.45, 2.75) is 104 Å². The van der Waals surface area contributed by atoms with Gasteiger partial charge in [0.15, 0.2) is 0 Å². The summed E-state index contributed by atoms with van der Waals surface area (Å²) in [5.41, 5.74) is 0. The lowest BCUT2D eigenvalue weighted by atomic mass is 9.77. The zero-order chi connectivity index (χ0) is 17.0. The molecular formula is C24H42. The van der Waals surface area contributed by atoms with E-state index >= 15 is 0 Å². The third kappa shape index (κ3) is 7.58. The highest BCUT2D eigenvalue weighted by molar-refractivity contribution is 4.84. The van der Waals surface area contributed by atoms with Crippen molar-refractivity contribution in [3.63, 3.8) is 0 Å². The first-order chi connectivity index (χ1) is 11.8. The van der Waals surface area contributed by atoms with Gasteiger partial charge in [-0.2, -0.15) is 0 Å². The maximum atomic E-state index is 2.37. The third-order valence-corrected chi connectivity index (χ3v) is 6.82. The molecule has 0 aromatic rings. The van der Waals surface area contributed by atoms with E-state index in [1.807, 2.05) is 0 Å². The largest absolute Gasteiger partial charge is 0.0917 e. The van der Waals surface area contributed by atoms with Gasteiger partial charge in [0.2, 0.25) is 0 Å². The van der Waals surface area contributed by atoms with Crippen molar-refractivity contribution >= 4 is 0 Å². The molecule has 2 saturated carbocycles. The lowest BCUT2D eigenvalue weighted by molar-refractivity contribution is 0.243. The van der Waals surface area contributed by atoms with E-state index in [0.717, 1.165) is 23.7 Å². The van der Waals surface area contributed by atoms with Crippen LogP contribution in [0.3, 0.4) is 0 Å². The summed E-state index contributed by atoms with van der Waals surface area (Å²) >= 11 is 0. The van der Waals surface area contributed by atoms with E-state index < -0.39 is 0 Å². The van der Waals surface area contributed by atoms with Crippen LogP contribution < -0.4 is 0 Å². The second kappa shape index (κ2) is 11.9. The van der Waals surface area contributed by atoms with Crippen molar-refractivity contribution < 1.29 is 0 Å². The summed E-state index contributed by atoms with van der Waals surface area (Å²) in [5.74, 6) is 4.11. The van der Waals surface area contributed by atoms with Gasteiger partial charge in [0.05, 0.1) is 0 Å². The maximum absolute atomic E-state index is 2.37. The highest BCUT2D eigenvalue weighted by Crippen LogP contribution is 2.36. The van der Waals surface area contributed by atoms with Gasteiger partial charge in [-0.3, -0.25) is 0 Å². The summed E-state index contributed by atoms with van der Waals surface area (Å²) in [6, 6.07) is 0. The normalized spacial score (nSPS) is 31.9. The smallest absolute Gasteiger partial charge is 0.0322 e. The number of unbranched alkanes of at least 4 members (excludes halogenated alkanes) is 1. The Morgan fingerprint density at radius 2 is 0.875 bits per heavy atom. The van der Waals surface area contributed by atoms with Crippen LogP contribution >= 0.6 is 0 Å². The van der Waals surface area contributed by atoms with E-state index in [1.54, 1.807) is 0 Å². The third-order valence-electron chi connectivity index (χ3n) is 6.82. The SMILES string of the molecule is C/C=C\C[C@H]1CC[C@H](CCCCC2CCC(C/C=C/C)CC2)CC1. The average molecular weight is 331 g/mol. The molecule has 0 amide bonds. The lowest BCUT2D eigenvalue weighted by Gasteiger charge is -2.29. The van der Waals surface area contributed by atoms with Crippen LogP contribution in [0, 0.1) is 23.7 Å². The Hall–Kier alpha value is -0.520. The van der Waals surface area contributed by atoms with Gasteiger partial charge >= 0.3 is 0 Å². The Labute approximate surface area is 152 Å². The second-order valence-electron chi connectivity index (χ2n) is 8.67. The van der Waals surface area contributed by atoms with Crippen LogP contribution in [0.15, 0.2) is 24.3 Å². The van der Waals surface area contributed by atoms with Crippen molar-refractivity contribution in [2.24, 2.45) is 23.7 Å². The van der Waals surface area contributed by atoms with Crippen LogP contribution in [0.25, 0.3) is 0 Å². The summed E-state index contributed by atoms with van der Waals surface area (Å²) in [5, 5.41) is 0. The van der Waals surface area contributed by atoms with Crippen LogP contribution in [0.5, 0.6) is 0 Å². The number of rotatable bonds is 9. The number of hydrogen-bond donors (Lipinski definition) is 0. The van der Waals surface area contributed by atoms with E-state index in [4.69, 9.17) is 0 Å². The first kappa shape index (κ1) is 19.8. The summed E-state index contributed by atoms with van der Waals surface area (Å²) in [6.07, 6.45) is 29.9. The van der Waals surface area contributed by atoms with Gasteiger partial charge in [-0.25, -0.2) is 0 Å². The fourth-order valence-corrected chi connectivity index (χ4v) is 5.03. The van der Waals surface area contributed by atoms with Gasteiger partial charge in [0.1, 0.15) is 0 Å². The highest BCUT2D eigenvalue weighted by Gasteiger charge is 2.21. The van der Waals surface area contributed by atoms with Crippen LogP contribution in [-0.4, -0.2) is 0 Å². The molecule has 2 aliphatic rings. The molecule has 0 spiro atoms. The van der Waals surface area contributed by atoms with Crippen LogP contribution in [0.1, 0.15) is 104 Å². The highest BCUT2D eigenvalue weighted by atomic mass is 14.3. The molecule has 2 fully saturated rings. The minimum absolute atomic E-state index is 0.996. The molecule has 0 unspecified atom stereocenters. The molecule has 0 saturated heterocycles. The monoisotopic (exact) mass is 330 g/mol. The van der Waals surface area contributed by atoms with Crippen molar-refractivity contribution in [1.82, 2.24) is 0 Å². The molecule has 0 aromatic carbocycles. The lowest BCUT2D eigenvalue weighted by Crippen LogP contribution is -2.15. The number of hydrogen-bond acceptors (Lipinski definition) is 0. The first-order valence-electron chi connectivity index (χ1n) is 11.0. The Morgan fingerprint density at radius 1 is 0.542 bits per heavy atom. The molecule has 0 aliphatic heterocycles. The van der Waals surface area contributed by atoms with Crippen LogP contribution in [0.4, 0.5) is 0 Å². The van der Waals surface area contributed by atoms with Crippen LogP contribution in [0.2, 0.25) is 0 Å². The van der Waals surface area contributed by atoms with Gasteiger partial charge in [-0.05, 0) is 76.0 Å². The fraction of sp³-hybridized carbons (Fsp3) is 0.833. The Kier molecular flexibility index (Phi) is 9.85. The summed E-state index contributed by atoms with van der Waals surface area (Å²) in [7, 11) is 0. The maximum Gasteiger partial charge on any atom is -0.0322 e. The molecule has 0 heteroatoms. The molecular weight excluding hydrogens is 288 g/mol. The fourth-order valence-electron chi connectivity index (χ4n) is 5.03. The molecule has 0 nitrogen and oxygen atoms in total. The molecule has 0 heterocycles. The Bertz CT molecular complexity index is 312. The van der Waals surface area contributed by atoms with Crippen molar-refractivity contribution in [3.05, 3.63) is 24.3 Å². The minimum Gasteiger partial charge on any atom is -0.0917 e. The molecule has 24 heavy (non-hydrogen) atoms. The van der Waals surface area contributed by atoms with Gasteiger partial charge in [-0.15, -0.1) is 0 Å². The average Bonchev–Trinajstić information content (AvgIpc) is 2.64. The molecule has 0 bridgehead atoms. The first-order valence-corrected chi connectivity index (χ1v) is 11.0. The van der Waals surface area contributed by atoms with Crippen molar-refractivity contribution in [2.75, 3.05) is 0 Å². The number of allylic oxidation sites excluding steroid dienone is 4. The van der Waals surface area contributed by atoms with Gasteiger partial charge in [0, 0.05) is 0 Å². The quantitative estimate of drug-likeness (QED) is 0.296. The zero-order valence-corrected chi connectivity index (χ0v) is 16.5. The second-order valence-corrected chi connectivity index (χ2v) is 8.67. The Balaban J connectivity index is 1.47. The van der Waals surface area contributed by atoms with Crippen molar-refractivity contribution in [3.8, 4) is 0 Å². The van der Waals surface area contributed by atoms with Crippen LogP contribution in [-0.2, 0) is 0 Å². The summed E-state index contributed by atoms with van der Waals surface area (Å²) in [6.45, 7) is 4.31. The molecule has 2 aliphatic carbocycles. The standard InChI is InChI=1S/C24H42/c1-3-5-9-21-13-17-23(18-14-21)11-7-8-12-24-19-15-22(16-20-24)10-6-4-2/h3-6,21-24H,7-20H2,1-2H3/b5-3-,6-4+/t21-,22?,23-,24?. The van der Waals surface area contributed by atoms with Gasteiger partial charge in [0.25, 0.3) is 0 Å². The summed E-state index contributed by atoms with van der Waals surface area (Å²) < 4.78 is 0. The molecule has 138 valence electrons. The van der Waals surface area contributed by atoms with E-state index in [2.05, 4.69) is 38.2 Å². The minimum atomic E-state index is 0.996. The molecule has 0 N–H and O–H groups in total. The predicted molar refractivity (Wildman–Crippen MR) is 108 cm³/mol. The predicted octanol–water partition coefficient (Wildman–Crippen LogP) is 8.09. The van der Waals surface area contributed by atoms with Crippen molar-refractivity contribution in [1.29, 1.82) is 0 Å². The van der Waals surface area contributed by atoms with E-state index in [0.29, 0.717) is 0 Å². The van der Waals surface area contributed by atoms with E-state index in [1.165, 1.54) is 89.9 Å². The molecule has 0 aromatic heterocycles. The molecule has 0 atom stereocenters. The van der Waals surface area contributed by atoms with E-state index in [9.17, 15) is 0 Å². The van der Waals surface area contributed by atoms with E-state index in [-0.39, 0.29) is 0 Å². The topological polar surface area (TPSA) is 0 Å². The summed E-state index contributed by atoms with van der Waals surface area (Å²) in [4.78, 5) is 0. The molecule has 0 radical (unpaired) electrons. The Morgan fingerprint density at radius 3 is 1.21 bits per heavy atom.